The van der Waals surface area contributed by atoms with Crippen LogP contribution in [0.2, 0.25) is 0 Å². The van der Waals surface area contributed by atoms with Crippen molar-refractivity contribution in [1.82, 2.24) is 15.5 Å². The number of rotatable bonds is 5. The molecule has 0 aliphatic carbocycles. The van der Waals surface area contributed by atoms with Crippen molar-refractivity contribution in [2.75, 3.05) is 26.7 Å². The fraction of sp³-hybridized carbons (Fsp3) is 0.800. The Hall–Kier alpha value is -0.810. The molecule has 0 saturated carbocycles. The third-order valence-corrected chi connectivity index (χ3v) is 2.41. The maximum absolute atomic E-state index is 11.3. The zero-order valence-corrected chi connectivity index (χ0v) is 10.6. The highest BCUT2D eigenvalue weighted by Gasteiger charge is 2.22. The lowest BCUT2D eigenvalue weighted by Gasteiger charge is -2.21. The number of amides is 2. The summed E-state index contributed by atoms with van der Waals surface area (Å²) in [5.41, 5.74) is 0. The highest BCUT2D eigenvalue weighted by Crippen LogP contribution is 2.09. The SMILES string of the molecule is CNCC(=O)NC(C)CN1CCCC1=O.Cl. The van der Waals surface area contributed by atoms with Crippen LogP contribution in [0, 0.1) is 0 Å². The van der Waals surface area contributed by atoms with Gasteiger partial charge in [-0.3, -0.25) is 9.59 Å². The van der Waals surface area contributed by atoms with Gasteiger partial charge < -0.3 is 15.5 Å². The average Bonchev–Trinajstić information content (AvgIpc) is 2.52. The third-order valence-electron chi connectivity index (χ3n) is 2.41. The van der Waals surface area contributed by atoms with Gasteiger partial charge in [-0.05, 0) is 20.4 Å². The Morgan fingerprint density at radius 1 is 1.56 bits per heavy atom. The molecule has 1 aliphatic heterocycles. The van der Waals surface area contributed by atoms with Crippen LogP contribution in [0.15, 0.2) is 0 Å². The molecule has 16 heavy (non-hydrogen) atoms. The van der Waals surface area contributed by atoms with Crippen molar-refractivity contribution in [1.29, 1.82) is 0 Å². The van der Waals surface area contributed by atoms with Gasteiger partial charge in [0.15, 0.2) is 0 Å². The van der Waals surface area contributed by atoms with Gasteiger partial charge in [-0.2, -0.15) is 0 Å². The monoisotopic (exact) mass is 249 g/mol. The third kappa shape index (κ3) is 4.81. The summed E-state index contributed by atoms with van der Waals surface area (Å²) < 4.78 is 0. The van der Waals surface area contributed by atoms with E-state index in [1.165, 1.54) is 0 Å². The van der Waals surface area contributed by atoms with Crippen LogP contribution in [0.4, 0.5) is 0 Å². The zero-order valence-electron chi connectivity index (χ0n) is 9.78. The van der Waals surface area contributed by atoms with Crippen molar-refractivity contribution in [3.05, 3.63) is 0 Å². The van der Waals surface area contributed by atoms with E-state index in [1.54, 1.807) is 7.05 Å². The molecule has 2 amide bonds. The fourth-order valence-electron chi connectivity index (χ4n) is 1.76. The molecule has 1 unspecified atom stereocenters. The van der Waals surface area contributed by atoms with Crippen molar-refractivity contribution < 1.29 is 9.59 Å². The summed E-state index contributed by atoms with van der Waals surface area (Å²) in [4.78, 5) is 24.4. The lowest BCUT2D eigenvalue weighted by Crippen LogP contribution is -2.44. The summed E-state index contributed by atoms with van der Waals surface area (Å²) >= 11 is 0. The van der Waals surface area contributed by atoms with Gasteiger partial charge in [-0.1, -0.05) is 0 Å². The molecule has 1 fully saturated rings. The fourth-order valence-corrected chi connectivity index (χ4v) is 1.76. The summed E-state index contributed by atoms with van der Waals surface area (Å²) in [6.07, 6.45) is 1.59. The lowest BCUT2D eigenvalue weighted by molar-refractivity contribution is -0.128. The number of likely N-dealkylation sites (tertiary alicyclic amines) is 1. The number of halogens is 1. The number of nitrogens with one attached hydrogen (secondary N) is 2. The summed E-state index contributed by atoms with van der Waals surface area (Å²) in [5, 5.41) is 5.62. The second-order valence-corrected chi connectivity index (χ2v) is 3.94. The molecule has 1 atom stereocenters. The molecular formula is C10H20ClN3O2. The number of nitrogens with zero attached hydrogens (tertiary/aromatic N) is 1. The lowest BCUT2D eigenvalue weighted by atomic mass is 10.3. The van der Waals surface area contributed by atoms with Crippen LogP contribution < -0.4 is 10.6 Å². The minimum atomic E-state index is -0.0309. The van der Waals surface area contributed by atoms with Gasteiger partial charge in [0.25, 0.3) is 0 Å². The van der Waals surface area contributed by atoms with Crippen LogP contribution in [0.1, 0.15) is 19.8 Å². The normalized spacial score (nSPS) is 16.9. The van der Waals surface area contributed by atoms with Crippen molar-refractivity contribution in [3.63, 3.8) is 0 Å². The molecule has 6 heteroatoms. The summed E-state index contributed by atoms with van der Waals surface area (Å²) in [5.74, 6) is 0.168. The zero-order chi connectivity index (χ0) is 11.3. The molecule has 5 nitrogen and oxygen atoms in total. The molecule has 1 rings (SSSR count). The van der Waals surface area contributed by atoms with E-state index >= 15 is 0 Å². The predicted octanol–water partition coefficient (Wildman–Crippen LogP) is -0.245. The number of hydrogen-bond donors (Lipinski definition) is 2. The van der Waals surface area contributed by atoms with E-state index in [9.17, 15) is 9.59 Å². The smallest absolute Gasteiger partial charge is 0.234 e. The Morgan fingerprint density at radius 2 is 2.25 bits per heavy atom. The topological polar surface area (TPSA) is 61.4 Å². The summed E-state index contributed by atoms with van der Waals surface area (Å²) in [6.45, 7) is 3.68. The first-order valence-corrected chi connectivity index (χ1v) is 5.35. The molecule has 0 bridgehead atoms. The van der Waals surface area contributed by atoms with Gasteiger partial charge in [-0.15, -0.1) is 12.4 Å². The van der Waals surface area contributed by atoms with Gasteiger partial charge in [0.05, 0.1) is 6.54 Å². The molecule has 1 heterocycles. The highest BCUT2D eigenvalue weighted by atomic mass is 35.5. The molecule has 2 N–H and O–H groups in total. The molecule has 0 aromatic rings. The van der Waals surface area contributed by atoms with Crippen molar-refractivity contribution in [2.24, 2.45) is 0 Å². The Morgan fingerprint density at radius 3 is 2.75 bits per heavy atom. The van der Waals surface area contributed by atoms with E-state index in [2.05, 4.69) is 10.6 Å². The van der Waals surface area contributed by atoms with E-state index in [1.807, 2.05) is 11.8 Å². The van der Waals surface area contributed by atoms with E-state index in [-0.39, 0.29) is 30.3 Å². The maximum atomic E-state index is 11.3. The molecule has 1 aliphatic rings. The highest BCUT2D eigenvalue weighted by molar-refractivity contribution is 5.85. The largest absolute Gasteiger partial charge is 0.351 e. The second-order valence-electron chi connectivity index (χ2n) is 3.94. The maximum Gasteiger partial charge on any atom is 0.234 e. The Balaban J connectivity index is 0.00000225. The van der Waals surface area contributed by atoms with Gasteiger partial charge in [0.2, 0.25) is 11.8 Å². The van der Waals surface area contributed by atoms with Crippen LogP contribution in [-0.2, 0) is 9.59 Å². The molecule has 0 aromatic heterocycles. The van der Waals surface area contributed by atoms with Crippen molar-refractivity contribution >= 4 is 24.2 Å². The molecule has 0 radical (unpaired) electrons. The van der Waals surface area contributed by atoms with Gasteiger partial charge in [0, 0.05) is 25.6 Å². The van der Waals surface area contributed by atoms with Crippen LogP contribution in [0.5, 0.6) is 0 Å². The standard InChI is InChI=1S/C10H19N3O2.ClH/c1-8(12-9(14)6-11-2)7-13-5-3-4-10(13)15;/h8,11H,3-7H2,1-2H3,(H,12,14);1H. The predicted molar refractivity (Wildman–Crippen MR) is 64.6 cm³/mol. The van der Waals surface area contributed by atoms with Crippen LogP contribution >= 0.6 is 12.4 Å². The van der Waals surface area contributed by atoms with E-state index in [4.69, 9.17) is 0 Å². The summed E-state index contributed by atoms with van der Waals surface area (Å²) in [7, 11) is 1.73. The van der Waals surface area contributed by atoms with E-state index in [0.717, 1.165) is 13.0 Å². The van der Waals surface area contributed by atoms with Crippen LogP contribution in [0.25, 0.3) is 0 Å². The Labute approximate surface area is 102 Å². The van der Waals surface area contributed by atoms with E-state index in [0.29, 0.717) is 19.5 Å². The second kappa shape index (κ2) is 7.46. The van der Waals surface area contributed by atoms with E-state index < -0.39 is 0 Å². The molecular weight excluding hydrogens is 230 g/mol. The van der Waals surface area contributed by atoms with Gasteiger partial charge >= 0.3 is 0 Å². The minimum absolute atomic E-state index is 0. The Kier molecular flexibility index (Phi) is 7.08. The van der Waals surface area contributed by atoms with Crippen LogP contribution in [0.3, 0.4) is 0 Å². The first-order valence-electron chi connectivity index (χ1n) is 5.35. The Bertz CT molecular complexity index is 248. The number of likely N-dealkylation sites (N-methyl/N-ethyl adjacent to an activating group) is 1. The van der Waals surface area contributed by atoms with Crippen LogP contribution in [-0.4, -0.2) is 49.4 Å². The molecule has 94 valence electrons. The quantitative estimate of drug-likeness (QED) is 0.707. The number of carbonyl (C=O) groups is 2. The van der Waals surface area contributed by atoms with Crippen molar-refractivity contribution in [2.45, 2.75) is 25.8 Å². The molecule has 1 saturated heterocycles. The minimum Gasteiger partial charge on any atom is -0.351 e. The van der Waals surface area contributed by atoms with Gasteiger partial charge in [0.1, 0.15) is 0 Å². The number of carbonyl (C=O) groups excluding carboxylic acids is 2. The number of hydrogen-bond acceptors (Lipinski definition) is 3. The van der Waals surface area contributed by atoms with Gasteiger partial charge in [-0.25, -0.2) is 0 Å². The van der Waals surface area contributed by atoms with Crippen molar-refractivity contribution in [3.8, 4) is 0 Å². The summed E-state index contributed by atoms with van der Waals surface area (Å²) in [6, 6.07) is 0.0212. The average molecular weight is 250 g/mol. The molecule has 0 spiro atoms. The first kappa shape index (κ1) is 15.2. The first-order chi connectivity index (χ1) is 7.13. The molecule has 0 aromatic carbocycles.